The molecule has 1 atom stereocenters. The molecule has 1 aliphatic carbocycles. The van der Waals surface area contributed by atoms with Crippen LogP contribution in [-0.4, -0.2) is 40.7 Å². The Balaban J connectivity index is 1.41. The molecule has 0 aromatic heterocycles. The van der Waals surface area contributed by atoms with Gasteiger partial charge in [0.15, 0.2) is 0 Å². The van der Waals surface area contributed by atoms with Crippen molar-refractivity contribution < 1.29 is 24.3 Å². The summed E-state index contributed by atoms with van der Waals surface area (Å²) in [6, 6.07) is 14.5. The number of hydrogen-bond acceptors (Lipinski definition) is 5. The molecule has 0 bridgehead atoms. The number of ether oxygens (including phenoxy) is 2. The fourth-order valence-corrected chi connectivity index (χ4v) is 3.75. The van der Waals surface area contributed by atoms with Crippen molar-refractivity contribution in [1.82, 2.24) is 10.4 Å². The lowest BCUT2D eigenvalue weighted by Crippen LogP contribution is -2.48. The zero-order valence-electron chi connectivity index (χ0n) is 16.2. The summed E-state index contributed by atoms with van der Waals surface area (Å²) >= 11 is 0. The fourth-order valence-electron chi connectivity index (χ4n) is 3.75. The first-order valence-corrected chi connectivity index (χ1v) is 9.77. The minimum absolute atomic E-state index is 0.0489. The highest BCUT2D eigenvalue weighted by Crippen LogP contribution is 2.35. The lowest BCUT2D eigenvalue weighted by Gasteiger charge is -2.38. The van der Waals surface area contributed by atoms with E-state index < -0.39 is 5.91 Å². The van der Waals surface area contributed by atoms with E-state index in [0.717, 1.165) is 11.3 Å². The van der Waals surface area contributed by atoms with Crippen molar-refractivity contribution in [3.63, 3.8) is 0 Å². The molecule has 0 spiro atoms. The second-order valence-corrected chi connectivity index (χ2v) is 7.61. The van der Waals surface area contributed by atoms with Crippen LogP contribution in [0.1, 0.15) is 35.7 Å². The number of para-hydroxylation sites is 1. The number of nitrogens with zero attached hydrogens (tertiary/aromatic N) is 1. The maximum Gasteiger partial charge on any atom is 0.274 e. The SMILES string of the molecule is CC1COc2cc(C(=O)NO)ccc2CN1C(=O)C1CC(Oc2ccccc2)C1. The molecule has 1 unspecified atom stereocenters. The molecule has 7 nitrogen and oxygen atoms in total. The van der Waals surface area contributed by atoms with E-state index in [2.05, 4.69) is 0 Å². The van der Waals surface area contributed by atoms with Gasteiger partial charge in [0, 0.05) is 23.6 Å². The predicted octanol–water partition coefficient (Wildman–Crippen LogP) is 2.77. The Hall–Kier alpha value is -3.06. The molecule has 2 aliphatic rings. The predicted molar refractivity (Wildman–Crippen MR) is 105 cm³/mol. The number of amides is 2. The molecule has 7 heteroatoms. The van der Waals surface area contributed by atoms with E-state index in [9.17, 15) is 9.59 Å². The second kappa shape index (κ2) is 8.13. The number of hydrogen-bond donors (Lipinski definition) is 2. The third-order valence-corrected chi connectivity index (χ3v) is 5.56. The molecule has 1 fully saturated rings. The van der Waals surface area contributed by atoms with Crippen LogP contribution in [-0.2, 0) is 11.3 Å². The average Bonchev–Trinajstić information content (AvgIpc) is 2.88. The normalized spacial score (nSPS) is 23.1. The second-order valence-electron chi connectivity index (χ2n) is 7.61. The Morgan fingerprint density at radius 2 is 1.93 bits per heavy atom. The van der Waals surface area contributed by atoms with Gasteiger partial charge in [0.2, 0.25) is 5.91 Å². The lowest BCUT2D eigenvalue weighted by atomic mass is 9.81. The van der Waals surface area contributed by atoms with Crippen LogP contribution in [0.2, 0.25) is 0 Å². The van der Waals surface area contributed by atoms with Crippen molar-refractivity contribution >= 4 is 11.8 Å². The molecular weight excluding hydrogens is 372 g/mol. The van der Waals surface area contributed by atoms with Crippen molar-refractivity contribution in [2.24, 2.45) is 5.92 Å². The van der Waals surface area contributed by atoms with Crippen LogP contribution in [0, 0.1) is 5.92 Å². The summed E-state index contributed by atoms with van der Waals surface area (Å²) in [5.41, 5.74) is 2.77. The smallest absolute Gasteiger partial charge is 0.274 e. The van der Waals surface area contributed by atoms with E-state index in [1.807, 2.05) is 42.2 Å². The van der Waals surface area contributed by atoms with Crippen LogP contribution in [0.3, 0.4) is 0 Å². The van der Waals surface area contributed by atoms with E-state index >= 15 is 0 Å². The zero-order chi connectivity index (χ0) is 20.4. The number of carbonyl (C=O) groups is 2. The Morgan fingerprint density at radius 3 is 2.66 bits per heavy atom. The summed E-state index contributed by atoms with van der Waals surface area (Å²) in [6.45, 7) is 2.73. The molecule has 2 aromatic rings. The first-order valence-electron chi connectivity index (χ1n) is 9.77. The molecule has 4 rings (SSSR count). The van der Waals surface area contributed by atoms with Crippen molar-refractivity contribution in [2.75, 3.05) is 6.61 Å². The number of nitrogens with one attached hydrogen (secondary N) is 1. The maximum absolute atomic E-state index is 13.1. The summed E-state index contributed by atoms with van der Waals surface area (Å²) in [5.74, 6) is 0.857. The molecule has 1 aliphatic heterocycles. The molecule has 0 radical (unpaired) electrons. The van der Waals surface area contributed by atoms with Gasteiger partial charge in [0.05, 0.1) is 6.04 Å². The van der Waals surface area contributed by atoms with Crippen molar-refractivity contribution in [2.45, 2.75) is 38.5 Å². The van der Waals surface area contributed by atoms with E-state index in [4.69, 9.17) is 14.7 Å². The Labute approximate surface area is 169 Å². The minimum Gasteiger partial charge on any atom is -0.491 e. The summed E-state index contributed by atoms with van der Waals surface area (Å²) < 4.78 is 11.7. The third kappa shape index (κ3) is 4.05. The quantitative estimate of drug-likeness (QED) is 0.613. The largest absolute Gasteiger partial charge is 0.491 e. The molecule has 152 valence electrons. The minimum atomic E-state index is -0.597. The summed E-state index contributed by atoms with van der Waals surface area (Å²) in [6.07, 6.45) is 1.48. The molecule has 0 saturated heterocycles. The molecule has 2 N–H and O–H groups in total. The van der Waals surface area contributed by atoms with Gasteiger partial charge >= 0.3 is 0 Å². The summed E-state index contributed by atoms with van der Waals surface area (Å²) in [5, 5.41) is 8.81. The zero-order valence-corrected chi connectivity index (χ0v) is 16.2. The summed E-state index contributed by atoms with van der Waals surface area (Å²) in [4.78, 5) is 26.6. The van der Waals surface area contributed by atoms with Gasteiger partial charge in [-0.2, -0.15) is 0 Å². The van der Waals surface area contributed by atoms with Gasteiger partial charge in [-0.1, -0.05) is 24.3 Å². The van der Waals surface area contributed by atoms with Crippen molar-refractivity contribution in [1.29, 1.82) is 0 Å². The summed E-state index contributed by atoms with van der Waals surface area (Å²) in [7, 11) is 0. The highest BCUT2D eigenvalue weighted by atomic mass is 16.5. The fraction of sp³-hybridized carbons (Fsp3) is 0.364. The number of rotatable bonds is 4. The number of carbonyl (C=O) groups excluding carboxylic acids is 2. The standard InChI is InChI=1S/C22H24N2O5/c1-14-13-28-20-11-15(21(25)23-27)7-8-16(20)12-24(14)22(26)17-9-19(10-17)29-18-5-3-2-4-6-18/h2-8,11,14,17,19,27H,9-10,12-13H2,1H3,(H,23,25). The van der Waals surface area contributed by atoms with Crippen molar-refractivity contribution in [3.8, 4) is 11.5 Å². The molecule has 2 amide bonds. The van der Waals surface area contributed by atoms with Crippen LogP contribution in [0.25, 0.3) is 0 Å². The first-order chi connectivity index (χ1) is 14.0. The topological polar surface area (TPSA) is 88.1 Å². The van der Waals surface area contributed by atoms with E-state index in [1.165, 1.54) is 0 Å². The van der Waals surface area contributed by atoms with Gasteiger partial charge in [0.1, 0.15) is 24.2 Å². The Morgan fingerprint density at radius 1 is 1.17 bits per heavy atom. The highest BCUT2D eigenvalue weighted by molar-refractivity contribution is 5.93. The van der Waals surface area contributed by atoms with Crippen molar-refractivity contribution in [3.05, 3.63) is 59.7 Å². The van der Waals surface area contributed by atoms with Crippen LogP contribution < -0.4 is 15.0 Å². The number of fused-ring (bicyclic) bond motifs is 1. The van der Waals surface area contributed by atoms with Gasteiger partial charge in [-0.15, -0.1) is 0 Å². The van der Waals surface area contributed by atoms with E-state index in [0.29, 0.717) is 37.3 Å². The van der Waals surface area contributed by atoms with E-state index in [-0.39, 0.29) is 24.0 Å². The van der Waals surface area contributed by atoms with Crippen LogP contribution in [0.15, 0.2) is 48.5 Å². The molecule has 29 heavy (non-hydrogen) atoms. The molecular formula is C22H24N2O5. The third-order valence-electron chi connectivity index (χ3n) is 5.56. The van der Waals surface area contributed by atoms with E-state index in [1.54, 1.807) is 23.7 Å². The average molecular weight is 396 g/mol. The van der Waals surface area contributed by atoms with Gasteiger partial charge in [-0.3, -0.25) is 14.8 Å². The van der Waals surface area contributed by atoms with Gasteiger partial charge in [-0.05, 0) is 44.0 Å². The monoisotopic (exact) mass is 396 g/mol. The first kappa shape index (κ1) is 19.3. The molecule has 2 aromatic carbocycles. The highest BCUT2D eigenvalue weighted by Gasteiger charge is 2.40. The molecule has 1 heterocycles. The van der Waals surface area contributed by atoms with Gasteiger partial charge in [-0.25, -0.2) is 5.48 Å². The lowest BCUT2D eigenvalue weighted by molar-refractivity contribution is -0.144. The van der Waals surface area contributed by atoms with Gasteiger partial charge < -0.3 is 14.4 Å². The Kier molecular flexibility index (Phi) is 5.40. The van der Waals surface area contributed by atoms with Crippen LogP contribution in [0.4, 0.5) is 0 Å². The van der Waals surface area contributed by atoms with Gasteiger partial charge in [0.25, 0.3) is 5.91 Å². The maximum atomic E-state index is 13.1. The Bertz CT molecular complexity index is 895. The number of benzene rings is 2. The number of hydroxylamine groups is 1. The van der Waals surface area contributed by atoms with Crippen LogP contribution in [0.5, 0.6) is 11.5 Å². The van der Waals surface area contributed by atoms with Crippen LogP contribution >= 0.6 is 0 Å². The molecule has 1 saturated carbocycles.